The SMILES string of the molecule is O=C(CC[C@H](NC(=O)CCCCCN1C(=O)C=CC1=O)C(=O)ON1C(=O)CCC1=O)NC[C@H](O)[C@@H](O)[C@H](O)[C@H](O)CO. The van der Waals surface area contributed by atoms with Crippen molar-refractivity contribution in [3.8, 4) is 0 Å². The monoisotopic (exact) mass is 600 g/mol. The molecule has 2 rings (SSSR count). The van der Waals surface area contributed by atoms with Crippen LogP contribution in [0, 0.1) is 0 Å². The van der Waals surface area contributed by atoms with Crippen molar-refractivity contribution in [2.75, 3.05) is 19.7 Å². The molecule has 2 aliphatic rings. The van der Waals surface area contributed by atoms with Crippen LogP contribution in [0.15, 0.2) is 12.2 Å². The Morgan fingerprint density at radius 3 is 2.02 bits per heavy atom. The molecule has 17 nitrogen and oxygen atoms in total. The van der Waals surface area contributed by atoms with Crippen LogP contribution in [0.25, 0.3) is 0 Å². The summed E-state index contributed by atoms with van der Waals surface area (Å²) >= 11 is 0. The average molecular weight is 601 g/mol. The number of carbonyl (C=O) groups excluding carboxylic acids is 7. The van der Waals surface area contributed by atoms with Crippen molar-refractivity contribution in [2.45, 2.75) is 81.8 Å². The lowest BCUT2D eigenvalue weighted by molar-refractivity contribution is -0.199. The maximum Gasteiger partial charge on any atom is 0.355 e. The van der Waals surface area contributed by atoms with Crippen LogP contribution in [0.2, 0.25) is 0 Å². The molecule has 1 saturated heterocycles. The van der Waals surface area contributed by atoms with E-state index >= 15 is 0 Å². The Morgan fingerprint density at radius 1 is 0.833 bits per heavy atom. The lowest BCUT2D eigenvalue weighted by atomic mass is 10.0. The summed E-state index contributed by atoms with van der Waals surface area (Å²) < 4.78 is 0. The second-order valence-electron chi connectivity index (χ2n) is 9.73. The maximum absolute atomic E-state index is 12.7. The number of nitrogens with one attached hydrogen (secondary N) is 2. The quantitative estimate of drug-likeness (QED) is 0.0583. The van der Waals surface area contributed by atoms with Crippen LogP contribution in [-0.2, 0) is 38.4 Å². The molecule has 0 aliphatic carbocycles. The van der Waals surface area contributed by atoms with E-state index in [1.165, 1.54) is 12.2 Å². The minimum Gasteiger partial charge on any atom is -0.394 e. The molecule has 0 aromatic rings. The number of hydrogen-bond acceptors (Lipinski definition) is 13. The highest BCUT2D eigenvalue weighted by Gasteiger charge is 2.36. The first-order valence-electron chi connectivity index (χ1n) is 13.4. The fourth-order valence-corrected chi connectivity index (χ4v) is 3.98. The maximum atomic E-state index is 12.7. The van der Waals surface area contributed by atoms with Crippen LogP contribution in [0.5, 0.6) is 0 Å². The number of aliphatic hydroxyl groups excluding tert-OH is 5. The average Bonchev–Trinajstić information content (AvgIpc) is 3.46. The van der Waals surface area contributed by atoms with Crippen molar-refractivity contribution in [1.82, 2.24) is 20.6 Å². The first-order valence-corrected chi connectivity index (χ1v) is 13.4. The molecule has 6 amide bonds. The predicted octanol–water partition coefficient (Wildman–Crippen LogP) is -4.10. The van der Waals surface area contributed by atoms with Crippen LogP contribution in [0.4, 0.5) is 0 Å². The minimum absolute atomic E-state index is 0.0657. The van der Waals surface area contributed by atoms with Gasteiger partial charge in [-0.2, -0.15) is 0 Å². The van der Waals surface area contributed by atoms with E-state index in [0.29, 0.717) is 24.3 Å². The fourth-order valence-electron chi connectivity index (χ4n) is 3.98. The van der Waals surface area contributed by atoms with Gasteiger partial charge in [-0.15, -0.1) is 5.06 Å². The van der Waals surface area contributed by atoms with Crippen molar-refractivity contribution in [3.63, 3.8) is 0 Å². The second-order valence-corrected chi connectivity index (χ2v) is 9.73. The summed E-state index contributed by atoms with van der Waals surface area (Å²) in [5.74, 6) is -4.86. The van der Waals surface area contributed by atoms with Gasteiger partial charge in [-0.05, 0) is 19.3 Å². The number of hydrogen-bond donors (Lipinski definition) is 7. The molecule has 7 N–H and O–H groups in total. The van der Waals surface area contributed by atoms with Crippen LogP contribution >= 0.6 is 0 Å². The van der Waals surface area contributed by atoms with Crippen molar-refractivity contribution in [2.24, 2.45) is 0 Å². The van der Waals surface area contributed by atoms with Gasteiger partial charge in [0.2, 0.25) is 11.8 Å². The molecule has 0 saturated carbocycles. The Balaban J connectivity index is 1.86. The lowest BCUT2D eigenvalue weighted by Crippen LogP contribution is -2.50. The fraction of sp³-hybridized carbons (Fsp3) is 0.640. The number of hydroxylamine groups is 2. The lowest BCUT2D eigenvalue weighted by Gasteiger charge is -2.25. The third-order valence-corrected chi connectivity index (χ3v) is 6.49. The Kier molecular flexibility index (Phi) is 13.6. The Bertz CT molecular complexity index is 1030. The molecule has 0 bridgehead atoms. The molecule has 2 aliphatic heterocycles. The highest BCUT2D eigenvalue weighted by molar-refractivity contribution is 6.12. The third kappa shape index (κ3) is 10.3. The molecule has 2 heterocycles. The zero-order valence-electron chi connectivity index (χ0n) is 22.7. The summed E-state index contributed by atoms with van der Waals surface area (Å²) in [6, 6.07) is -1.45. The van der Waals surface area contributed by atoms with Crippen LogP contribution in [-0.4, -0.2) is 127 Å². The summed E-state index contributed by atoms with van der Waals surface area (Å²) in [6.45, 7) is -1.27. The van der Waals surface area contributed by atoms with Gasteiger partial charge in [-0.3, -0.25) is 33.7 Å². The van der Waals surface area contributed by atoms with Gasteiger partial charge in [0.05, 0.1) is 12.7 Å². The van der Waals surface area contributed by atoms with Gasteiger partial charge in [0.1, 0.15) is 24.4 Å². The third-order valence-electron chi connectivity index (χ3n) is 6.49. The number of nitrogens with zero attached hydrogens (tertiary/aromatic N) is 2. The van der Waals surface area contributed by atoms with E-state index in [1.807, 2.05) is 0 Å². The molecular weight excluding hydrogens is 564 g/mol. The zero-order chi connectivity index (χ0) is 31.4. The van der Waals surface area contributed by atoms with Crippen LogP contribution < -0.4 is 10.6 Å². The summed E-state index contributed by atoms with van der Waals surface area (Å²) in [5, 5.41) is 52.5. The number of amides is 6. The summed E-state index contributed by atoms with van der Waals surface area (Å²) in [7, 11) is 0. The van der Waals surface area contributed by atoms with Gasteiger partial charge in [0.25, 0.3) is 23.6 Å². The van der Waals surface area contributed by atoms with Crippen LogP contribution in [0.3, 0.4) is 0 Å². The predicted molar refractivity (Wildman–Crippen MR) is 137 cm³/mol. The van der Waals surface area contributed by atoms with Crippen molar-refractivity contribution in [3.05, 3.63) is 12.2 Å². The first kappa shape index (κ1) is 34.4. The number of unbranched alkanes of at least 4 members (excludes halogenated alkanes) is 2. The summed E-state index contributed by atoms with van der Waals surface area (Å²) in [4.78, 5) is 90.2. The van der Waals surface area contributed by atoms with Crippen molar-refractivity contribution in [1.29, 1.82) is 0 Å². The van der Waals surface area contributed by atoms with Gasteiger partial charge >= 0.3 is 5.97 Å². The molecule has 5 atom stereocenters. The normalized spacial score (nSPS) is 18.6. The molecule has 0 radical (unpaired) electrons. The van der Waals surface area contributed by atoms with Gasteiger partial charge < -0.3 is 41.0 Å². The van der Waals surface area contributed by atoms with E-state index in [0.717, 1.165) is 4.90 Å². The highest BCUT2D eigenvalue weighted by atomic mass is 16.7. The molecule has 42 heavy (non-hydrogen) atoms. The molecule has 1 fully saturated rings. The standard InChI is InChI=1S/C25H36N4O13/c30-13-16(32)24(40)23(39)15(31)12-26-17(33)6-5-14(25(41)42-29-21(37)9-10-22(29)38)27-18(34)4-2-1-3-11-28-19(35)7-8-20(28)36/h7-8,14-16,23-24,30-32,39-40H,1-6,9-13H2,(H,26,33)(H,27,34)/t14-,15-,16+,23+,24+/m0/s1. The van der Waals surface area contributed by atoms with E-state index < -0.39 is 91.4 Å². The minimum atomic E-state index is -1.90. The van der Waals surface area contributed by atoms with Gasteiger partial charge in [-0.1, -0.05) is 6.42 Å². The van der Waals surface area contributed by atoms with E-state index in [9.17, 15) is 54.0 Å². The van der Waals surface area contributed by atoms with E-state index in [4.69, 9.17) is 9.94 Å². The Morgan fingerprint density at radius 2 is 1.43 bits per heavy atom. The molecular formula is C25H36N4O13. The zero-order valence-corrected chi connectivity index (χ0v) is 22.7. The Hall–Kier alpha value is -3.77. The molecule has 234 valence electrons. The van der Waals surface area contributed by atoms with Crippen LogP contribution in [0.1, 0.15) is 51.4 Å². The molecule has 0 aromatic carbocycles. The smallest absolute Gasteiger partial charge is 0.355 e. The number of aliphatic hydroxyl groups is 5. The molecule has 17 heteroatoms. The van der Waals surface area contributed by atoms with Crippen molar-refractivity contribution >= 4 is 41.4 Å². The highest BCUT2D eigenvalue weighted by Crippen LogP contribution is 2.14. The number of imide groups is 2. The second kappa shape index (κ2) is 16.6. The summed E-state index contributed by atoms with van der Waals surface area (Å²) in [5.41, 5.74) is 0. The Labute approximate surface area is 240 Å². The number of carbonyl (C=O) groups is 7. The van der Waals surface area contributed by atoms with E-state index in [1.54, 1.807) is 0 Å². The number of rotatable bonds is 18. The summed E-state index contributed by atoms with van der Waals surface area (Å²) in [6.07, 6.45) is -4.83. The van der Waals surface area contributed by atoms with Gasteiger partial charge in [0.15, 0.2) is 0 Å². The van der Waals surface area contributed by atoms with Crippen molar-refractivity contribution < 1.29 is 63.9 Å². The molecule has 0 unspecified atom stereocenters. The van der Waals surface area contributed by atoms with Gasteiger partial charge in [0, 0.05) is 50.9 Å². The molecule has 0 aromatic heterocycles. The first-order chi connectivity index (χ1) is 19.8. The topological polar surface area (TPSA) is 260 Å². The van der Waals surface area contributed by atoms with E-state index in [2.05, 4.69) is 10.6 Å². The largest absolute Gasteiger partial charge is 0.394 e. The van der Waals surface area contributed by atoms with E-state index in [-0.39, 0.29) is 32.2 Å². The molecule has 0 spiro atoms. The van der Waals surface area contributed by atoms with Gasteiger partial charge in [-0.25, -0.2) is 4.79 Å².